The first-order chi connectivity index (χ1) is 9.95. The molecule has 0 aliphatic heterocycles. The van der Waals surface area contributed by atoms with Crippen LogP contribution in [0.4, 0.5) is 5.69 Å². The van der Waals surface area contributed by atoms with E-state index in [1.165, 1.54) is 6.07 Å². The van der Waals surface area contributed by atoms with Gasteiger partial charge in [-0.25, -0.2) is 0 Å². The van der Waals surface area contributed by atoms with Crippen LogP contribution in [0, 0.1) is 6.92 Å². The molecule has 110 valence electrons. The summed E-state index contributed by atoms with van der Waals surface area (Å²) in [5.41, 5.74) is 1.30. The van der Waals surface area contributed by atoms with Crippen LogP contribution in [0.1, 0.15) is 12.5 Å². The summed E-state index contributed by atoms with van der Waals surface area (Å²) in [6.07, 6.45) is -0.719. The Labute approximate surface area is 128 Å². The number of phenols is 1. The van der Waals surface area contributed by atoms with Crippen LogP contribution in [0.15, 0.2) is 42.5 Å². The van der Waals surface area contributed by atoms with E-state index >= 15 is 0 Å². The van der Waals surface area contributed by atoms with Gasteiger partial charge in [-0.05, 0) is 49.7 Å². The molecule has 2 aromatic rings. The van der Waals surface area contributed by atoms with Crippen LogP contribution in [0.2, 0.25) is 5.02 Å². The Balaban J connectivity index is 2.04. The van der Waals surface area contributed by atoms with Gasteiger partial charge in [-0.2, -0.15) is 0 Å². The summed E-state index contributed by atoms with van der Waals surface area (Å²) in [7, 11) is 0. The third-order valence-electron chi connectivity index (χ3n) is 2.89. The summed E-state index contributed by atoms with van der Waals surface area (Å²) in [5.74, 6) is 0.179. The fourth-order valence-corrected chi connectivity index (χ4v) is 1.96. The Morgan fingerprint density at radius 2 is 2.05 bits per heavy atom. The number of carbonyl (C=O) groups excluding carboxylic acids is 1. The molecule has 0 aromatic heterocycles. The van der Waals surface area contributed by atoms with Crippen LogP contribution in [0.25, 0.3) is 0 Å². The molecule has 0 fully saturated rings. The second-order valence-corrected chi connectivity index (χ2v) is 5.16. The standard InChI is InChI=1S/C16H16ClNO3/c1-10-6-7-15(19)14(8-10)18-16(20)11(2)21-13-5-3-4-12(17)9-13/h3-9,11,19H,1-2H3,(H,18,20)/t11-/m1/s1. The van der Waals surface area contributed by atoms with Gasteiger partial charge in [-0.1, -0.05) is 23.7 Å². The first-order valence-electron chi connectivity index (χ1n) is 6.48. The molecule has 21 heavy (non-hydrogen) atoms. The average Bonchev–Trinajstić information content (AvgIpc) is 2.43. The number of carbonyl (C=O) groups is 1. The summed E-state index contributed by atoms with van der Waals surface area (Å²) in [4.78, 5) is 12.1. The molecule has 2 aromatic carbocycles. The molecule has 2 N–H and O–H groups in total. The molecule has 0 saturated carbocycles. The molecule has 1 atom stereocenters. The number of anilines is 1. The van der Waals surface area contributed by atoms with Crippen molar-refractivity contribution >= 4 is 23.2 Å². The van der Waals surface area contributed by atoms with E-state index in [9.17, 15) is 9.90 Å². The number of ether oxygens (including phenoxy) is 1. The van der Waals surface area contributed by atoms with Gasteiger partial charge in [0.25, 0.3) is 5.91 Å². The van der Waals surface area contributed by atoms with Crippen molar-refractivity contribution in [1.29, 1.82) is 0 Å². The summed E-state index contributed by atoms with van der Waals surface area (Å²) >= 11 is 5.86. The largest absolute Gasteiger partial charge is 0.506 e. The maximum absolute atomic E-state index is 12.1. The number of rotatable bonds is 4. The zero-order valence-electron chi connectivity index (χ0n) is 11.8. The van der Waals surface area contributed by atoms with E-state index in [0.29, 0.717) is 16.5 Å². The summed E-state index contributed by atoms with van der Waals surface area (Å²) in [6.45, 7) is 3.50. The SMILES string of the molecule is Cc1ccc(O)c(NC(=O)[C@@H](C)Oc2cccc(Cl)c2)c1. The number of aromatic hydroxyl groups is 1. The van der Waals surface area contributed by atoms with Crippen molar-refractivity contribution in [3.63, 3.8) is 0 Å². The molecule has 2 rings (SSSR count). The van der Waals surface area contributed by atoms with Crippen LogP contribution >= 0.6 is 11.6 Å². The first kappa shape index (κ1) is 15.2. The van der Waals surface area contributed by atoms with Crippen molar-refractivity contribution in [2.75, 3.05) is 5.32 Å². The number of nitrogens with one attached hydrogen (secondary N) is 1. The molecular weight excluding hydrogens is 290 g/mol. The molecule has 0 heterocycles. The highest BCUT2D eigenvalue weighted by Crippen LogP contribution is 2.24. The van der Waals surface area contributed by atoms with Crippen LogP contribution < -0.4 is 10.1 Å². The average molecular weight is 306 g/mol. The van der Waals surface area contributed by atoms with E-state index in [1.54, 1.807) is 43.3 Å². The summed E-state index contributed by atoms with van der Waals surface area (Å²) in [6, 6.07) is 11.8. The Morgan fingerprint density at radius 3 is 2.76 bits per heavy atom. The van der Waals surface area contributed by atoms with Crippen molar-refractivity contribution in [3.05, 3.63) is 53.1 Å². The highest BCUT2D eigenvalue weighted by atomic mass is 35.5. The fraction of sp³-hybridized carbons (Fsp3) is 0.188. The third kappa shape index (κ3) is 4.13. The number of phenolic OH excluding ortho intramolecular Hbond substituents is 1. The van der Waals surface area contributed by atoms with Gasteiger partial charge < -0.3 is 15.2 Å². The molecule has 0 saturated heterocycles. The number of aryl methyl sites for hydroxylation is 1. The highest BCUT2D eigenvalue weighted by Gasteiger charge is 2.16. The van der Waals surface area contributed by atoms with E-state index in [1.807, 2.05) is 6.92 Å². The van der Waals surface area contributed by atoms with Crippen molar-refractivity contribution in [2.24, 2.45) is 0 Å². The van der Waals surface area contributed by atoms with Crippen LogP contribution in [-0.4, -0.2) is 17.1 Å². The van der Waals surface area contributed by atoms with Crippen molar-refractivity contribution in [1.82, 2.24) is 0 Å². The molecule has 4 nitrogen and oxygen atoms in total. The second-order valence-electron chi connectivity index (χ2n) is 4.73. The van der Waals surface area contributed by atoms with Crippen molar-refractivity contribution in [2.45, 2.75) is 20.0 Å². The molecule has 1 amide bonds. The smallest absolute Gasteiger partial charge is 0.265 e. The number of hydrogen-bond donors (Lipinski definition) is 2. The maximum atomic E-state index is 12.1. The number of halogens is 1. The number of hydrogen-bond acceptors (Lipinski definition) is 3. The zero-order chi connectivity index (χ0) is 15.4. The van der Waals surface area contributed by atoms with E-state index in [2.05, 4.69) is 5.32 Å². The number of benzene rings is 2. The van der Waals surface area contributed by atoms with Gasteiger partial charge >= 0.3 is 0 Å². The molecule has 5 heteroatoms. The Bertz CT molecular complexity index is 658. The number of amides is 1. The highest BCUT2D eigenvalue weighted by molar-refractivity contribution is 6.30. The molecular formula is C16H16ClNO3. The zero-order valence-corrected chi connectivity index (χ0v) is 12.5. The van der Waals surface area contributed by atoms with E-state index in [-0.39, 0.29) is 11.7 Å². The van der Waals surface area contributed by atoms with E-state index in [0.717, 1.165) is 5.56 Å². The quantitative estimate of drug-likeness (QED) is 0.846. The van der Waals surface area contributed by atoms with Gasteiger partial charge in [-0.15, -0.1) is 0 Å². The molecule has 0 unspecified atom stereocenters. The van der Waals surface area contributed by atoms with Gasteiger partial charge in [-0.3, -0.25) is 4.79 Å². The van der Waals surface area contributed by atoms with Crippen LogP contribution in [0.3, 0.4) is 0 Å². The normalized spacial score (nSPS) is 11.8. The maximum Gasteiger partial charge on any atom is 0.265 e. The van der Waals surface area contributed by atoms with Gasteiger partial charge in [0.2, 0.25) is 0 Å². The topological polar surface area (TPSA) is 58.6 Å². The molecule has 0 radical (unpaired) electrons. The van der Waals surface area contributed by atoms with Gasteiger partial charge in [0.1, 0.15) is 11.5 Å². The van der Waals surface area contributed by atoms with Gasteiger partial charge in [0, 0.05) is 5.02 Å². The lowest BCUT2D eigenvalue weighted by Crippen LogP contribution is -2.30. The molecule has 0 bridgehead atoms. The monoisotopic (exact) mass is 305 g/mol. The van der Waals surface area contributed by atoms with E-state index < -0.39 is 6.10 Å². The van der Waals surface area contributed by atoms with Crippen molar-refractivity contribution < 1.29 is 14.6 Å². The third-order valence-corrected chi connectivity index (χ3v) is 3.12. The molecule has 0 spiro atoms. The van der Waals surface area contributed by atoms with Crippen LogP contribution in [-0.2, 0) is 4.79 Å². The van der Waals surface area contributed by atoms with Crippen LogP contribution in [0.5, 0.6) is 11.5 Å². The first-order valence-corrected chi connectivity index (χ1v) is 6.86. The molecule has 0 aliphatic carbocycles. The second kappa shape index (κ2) is 6.50. The molecule has 0 aliphatic rings. The summed E-state index contributed by atoms with van der Waals surface area (Å²) in [5, 5.41) is 12.9. The minimum absolute atomic E-state index is 0.0175. The summed E-state index contributed by atoms with van der Waals surface area (Å²) < 4.78 is 5.52. The lowest BCUT2D eigenvalue weighted by Gasteiger charge is -2.15. The predicted octanol–water partition coefficient (Wildman–Crippen LogP) is 3.76. The van der Waals surface area contributed by atoms with Gasteiger partial charge in [0.15, 0.2) is 6.10 Å². The van der Waals surface area contributed by atoms with E-state index in [4.69, 9.17) is 16.3 Å². The predicted molar refractivity (Wildman–Crippen MR) is 83.0 cm³/mol. The minimum atomic E-state index is -0.719. The Hall–Kier alpha value is -2.20. The minimum Gasteiger partial charge on any atom is -0.506 e. The van der Waals surface area contributed by atoms with Crippen molar-refractivity contribution in [3.8, 4) is 11.5 Å². The Morgan fingerprint density at radius 1 is 1.29 bits per heavy atom. The lowest BCUT2D eigenvalue weighted by atomic mass is 10.2. The Kier molecular flexibility index (Phi) is 4.70. The lowest BCUT2D eigenvalue weighted by molar-refractivity contribution is -0.122. The van der Waals surface area contributed by atoms with Gasteiger partial charge in [0.05, 0.1) is 5.69 Å². The fourth-order valence-electron chi connectivity index (χ4n) is 1.78.